The Labute approximate surface area is 109 Å². The fraction of sp³-hybridized carbons (Fsp3) is 0.417. The van der Waals surface area contributed by atoms with Gasteiger partial charge in [0.15, 0.2) is 0 Å². The van der Waals surface area contributed by atoms with Crippen LogP contribution >= 0.6 is 0 Å². The fourth-order valence-electron chi connectivity index (χ4n) is 1.49. The molecular weight excluding hydrogens is 255 g/mol. The van der Waals surface area contributed by atoms with Crippen LogP contribution in [0.25, 0.3) is 0 Å². The molecule has 0 fully saturated rings. The SMILES string of the molecule is Cc1cc(F)cc(NC(=O)OC(C)(C)C)c1[N+](=O)[O-]. The highest BCUT2D eigenvalue weighted by Gasteiger charge is 2.23. The third kappa shape index (κ3) is 4.20. The number of nitrogens with one attached hydrogen (secondary N) is 1. The zero-order chi connectivity index (χ0) is 14.8. The van der Waals surface area contributed by atoms with Crippen molar-refractivity contribution in [3.63, 3.8) is 0 Å². The van der Waals surface area contributed by atoms with Gasteiger partial charge < -0.3 is 4.74 Å². The van der Waals surface area contributed by atoms with Crippen LogP contribution in [-0.2, 0) is 4.74 Å². The summed E-state index contributed by atoms with van der Waals surface area (Å²) in [6.07, 6.45) is -0.874. The summed E-state index contributed by atoms with van der Waals surface area (Å²) in [5.41, 5.74) is -1.21. The van der Waals surface area contributed by atoms with Gasteiger partial charge in [-0.25, -0.2) is 9.18 Å². The maximum Gasteiger partial charge on any atom is 0.412 e. The minimum atomic E-state index is -0.874. The van der Waals surface area contributed by atoms with Gasteiger partial charge in [-0.3, -0.25) is 15.4 Å². The number of nitrogens with zero attached hydrogens (tertiary/aromatic N) is 1. The molecule has 0 bridgehead atoms. The van der Waals surface area contributed by atoms with Crippen molar-refractivity contribution >= 4 is 17.5 Å². The molecule has 19 heavy (non-hydrogen) atoms. The first-order valence-electron chi connectivity index (χ1n) is 5.54. The molecule has 0 aliphatic rings. The molecule has 104 valence electrons. The largest absolute Gasteiger partial charge is 0.444 e. The van der Waals surface area contributed by atoms with Crippen molar-refractivity contribution < 1.29 is 18.8 Å². The highest BCUT2D eigenvalue weighted by atomic mass is 19.1. The number of anilines is 1. The lowest BCUT2D eigenvalue weighted by atomic mass is 10.1. The Kier molecular flexibility index (Phi) is 4.08. The number of benzene rings is 1. The Hall–Kier alpha value is -2.18. The molecule has 0 atom stereocenters. The minimum absolute atomic E-state index is 0.121. The Morgan fingerprint density at radius 2 is 2.00 bits per heavy atom. The summed E-state index contributed by atoms with van der Waals surface area (Å²) in [4.78, 5) is 21.8. The third-order valence-electron chi connectivity index (χ3n) is 2.08. The molecule has 1 aromatic rings. The van der Waals surface area contributed by atoms with Crippen LogP contribution in [0.5, 0.6) is 0 Å². The van der Waals surface area contributed by atoms with E-state index in [9.17, 15) is 19.3 Å². The number of aryl methyl sites for hydroxylation is 1. The van der Waals surface area contributed by atoms with Crippen LogP contribution in [0.1, 0.15) is 26.3 Å². The summed E-state index contributed by atoms with van der Waals surface area (Å²) in [5.74, 6) is -0.672. The summed E-state index contributed by atoms with van der Waals surface area (Å²) < 4.78 is 18.2. The van der Waals surface area contributed by atoms with Gasteiger partial charge >= 0.3 is 6.09 Å². The van der Waals surface area contributed by atoms with Crippen molar-refractivity contribution in [1.29, 1.82) is 0 Å². The molecule has 0 saturated heterocycles. The molecular formula is C12H15FN2O4. The number of carbonyl (C=O) groups excluding carboxylic acids is 1. The second-order valence-corrected chi connectivity index (χ2v) is 5.00. The molecule has 0 radical (unpaired) electrons. The monoisotopic (exact) mass is 270 g/mol. The van der Waals surface area contributed by atoms with Crippen molar-refractivity contribution in [2.75, 3.05) is 5.32 Å². The third-order valence-corrected chi connectivity index (χ3v) is 2.08. The molecule has 1 N–H and O–H groups in total. The van der Waals surface area contributed by atoms with Crippen molar-refractivity contribution in [3.05, 3.63) is 33.6 Å². The van der Waals surface area contributed by atoms with Gasteiger partial charge in [0.25, 0.3) is 5.69 Å². The first-order valence-corrected chi connectivity index (χ1v) is 5.54. The number of carbonyl (C=O) groups is 1. The Balaban J connectivity index is 3.07. The maximum atomic E-state index is 13.2. The normalized spacial score (nSPS) is 11.0. The van der Waals surface area contributed by atoms with Gasteiger partial charge in [-0.2, -0.15) is 0 Å². The summed E-state index contributed by atoms with van der Waals surface area (Å²) in [6, 6.07) is 1.91. The summed E-state index contributed by atoms with van der Waals surface area (Å²) in [6.45, 7) is 6.34. The van der Waals surface area contributed by atoms with E-state index in [1.54, 1.807) is 20.8 Å². The minimum Gasteiger partial charge on any atom is -0.444 e. The van der Waals surface area contributed by atoms with Crippen molar-refractivity contribution in [2.24, 2.45) is 0 Å². The molecule has 1 aromatic carbocycles. The molecule has 6 nitrogen and oxygen atoms in total. The predicted molar refractivity (Wildman–Crippen MR) is 67.6 cm³/mol. The predicted octanol–water partition coefficient (Wildman–Crippen LogP) is 3.39. The molecule has 0 aromatic heterocycles. The second kappa shape index (κ2) is 5.21. The van der Waals surface area contributed by atoms with E-state index in [0.717, 1.165) is 12.1 Å². The first-order chi connectivity index (χ1) is 8.60. The lowest BCUT2D eigenvalue weighted by Crippen LogP contribution is -2.27. The lowest BCUT2D eigenvalue weighted by molar-refractivity contribution is -0.384. The fourth-order valence-corrected chi connectivity index (χ4v) is 1.49. The highest BCUT2D eigenvalue weighted by molar-refractivity contribution is 5.88. The number of hydrogen-bond donors (Lipinski definition) is 1. The topological polar surface area (TPSA) is 81.5 Å². The highest BCUT2D eigenvalue weighted by Crippen LogP contribution is 2.29. The van der Waals surface area contributed by atoms with Crippen molar-refractivity contribution in [3.8, 4) is 0 Å². The van der Waals surface area contributed by atoms with E-state index < -0.39 is 22.4 Å². The first kappa shape index (κ1) is 14.9. The van der Waals surface area contributed by atoms with Crippen LogP contribution < -0.4 is 5.32 Å². The Morgan fingerprint density at radius 1 is 1.42 bits per heavy atom. The van der Waals surface area contributed by atoms with Crippen molar-refractivity contribution in [1.82, 2.24) is 0 Å². The zero-order valence-corrected chi connectivity index (χ0v) is 11.1. The molecule has 1 amide bonds. The van der Waals surface area contributed by atoms with Gasteiger partial charge in [0, 0.05) is 11.6 Å². The van der Waals surface area contributed by atoms with Crippen LogP contribution in [0.15, 0.2) is 12.1 Å². The number of amides is 1. The second-order valence-electron chi connectivity index (χ2n) is 5.00. The van der Waals surface area contributed by atoms with Gasteiger partial charge in [-0.1, -0.05) is 0 Å². The van der Waals surface area contributed by atoms with Crippen molar-refractivity contribution in [2.45, 2.75) is 33.3 Å². The molecule has 0 saturated carbocycles. The molecule has 0 aliphatic carbocycles. The van der Waals surface area contributed by atoms with E-state index in [1.807, 2.05) is 0 Å². The Morgan fingerprint density at radius 3 is 2.47 bits per heavy atom. The number of nitro groups is 1. The van der Waals surface area contributed by atoms with E-state index in [2.05, 4.69) is 5.32 Å². The number of halogens is 1. The molecule has 1 rings (SSSR count). The van der Waals surface area contributed by atoms with Gasteiger partial charge in [-0.05, 0) is 33.8 Å². The van der Waals surface area contributed by atoms with Crippen LogP contribution in [0.3, 0.4) is 0 Å². The van der Waals surface area contributed by atoms with E-state index in [0.29, 0.717) is 0 Å². The number of hydrogen-bond acceptors (Lipinski definition) is 4. The van der Waals surface area contributed by atoms with E-state index in [-0.39, 0.29) is 16.9 Å². The van der Waals surface area contributed by atoms with Gasteiger partial charge in [0.2, 0.25) is 0 Å². The molecule has 0 heterocycles. The van der Waals surface area contributed by atoms with Gasteiger partial charge in [0.1, 0.15) is 17.1 Å². The van der Waals surface area contributed by atoms with E-state index >= 15 is 0 Å². The number of ether oxygens (including phenoxy) is 1. The average molecular weight is 270 g/mol. The van der Waals surface area contributed by atoms with Crippen LogP contribution in [0, 0.1) is 22.9 Å². The van der Waals surface area contributed by atoms with Crippen LogP contribution in [-0.4, -0.2) is 16.6 Å². The molecule has 0 aliphatic heterocycles. The van der Waals surface area contributed by atoms with Crippen LogP contribution in [0.2, 0.25) is 0 Å². The number of rotatable bonds is 2. The van der Waals surface area contributed by atoms with E-state index in [4.69, 9.17) is 4.74 Å². The van der Waals surface area contributed by atoms with Gasteiger partial charge in [-0.15, -0.1) is 0 Å². The summed E-state index contributed by atoms with van der Waals surface area (Å²) >= 11 is 0. The summed E-state index contributed by atoms with van der Waals surface area (Å²) in [7, 11) is 0. The Bertz CT molecular complexity index is 523. The molecule has 7 heteroatoms. The molecule has 0 unspecified atom stereocenters. The quantitative estimate of drug-likeness (QED) is 0.659. The number of nitro benzene ring substituents is 1. The smallest absolute Gasteiger partial charge is 0.412 e. The zero-order valence-electron chi connectivity index (χ0n) is 11.1. The summed E-state index contributed by atoms with van der Waals surface area (Å²) in [5, 5.41) is 13.1. The van der Waals surface area contributed by atoms with Crippen LogP contribution in [0.4, 0.5) is 20.6 Å². The van der Waals surface area contributed by atoms with E-state index in [1.165, 1.54) is 6.92 Å². The van der Waals surface area contributed by atoms with Gasteiger partial charge in [0.05, 0.1) is 4.92 Å². The standard InChI is InChI=1S/C12H15FN2O4/c1-7-5-8(13)6-9(10(7)15(17)18)14-11(16)19-12(2,3)4/h5-6H,1-4H3,(H,14,16). The molecule has 0 spiro atoms. The lowest BCUT2D eigenvalue weighted by Gasteiger charge is -2.19. The average Bonchev–Trinajstić information content (AvgIpc) is 2.10. The maximum absolute atomic E-state index is 13.2.